The summed E-state index contributed by atoms with van der Waals surface area (Å²) in [5.74, 6) is 0.248. The van der Waals surface area contributed by atoms with Gasteiger partial charge in [0.15, 0.2) is 23.2 Å². The Kier molecular flexibility index (Phi) is 6.19. The number of primary amides is 1. The van der Waals surface area contributed by atoms with Crippen molar-refractivity contribution in [1.82, 2.24) is 5.43 Å². The monoisotopic (exact) mass is 360 g/mol. The third-order valence-electron chi connectivity index (χ3n) is 2.03. The summed E-state index contributed by atoms with van der Waals surface area (Å²) in [5.41, 5.74) is 13.4. The first-order valence-electron chi connectivity index (χ1n) is 5.31. The lowest BCUT2D eigenvalue weighted by molar-refractivity contribution is -0.119. The van der Waals surface area contributed by atoms with Gasteiger partial charge in [-0.15, -0.1) is 0 Å². The molecular formula is C11H13BrN4O3S. The van der Waals surface area contributed by atoms with Gasteiger partial charge in [0.2, 0.25) is 0 Å². The Bertz CT molecular complexity index is 551. The number of nitrogens with two attached hydrogens (primary N) is 2. The van der Waals surface area contributed by atoms with E-state index >= 15 is 0 Å². The minimum Gasteiger partial charge on any atom is -0.493 e. The maximum absolute atomic E-state index is 10.7. The first-order valence-corrected chi connectivity index (χ1v) is 6.51. The summed E-state index contributed by atoms with van der Waals surface area (Å²) in [7, 11) is 1.48. The van der Waals surface area contributed by atoms with Crippen LogP contribution in [0.4, 0.5) is 0 Å². The Hall–Kier alpha value is -1.87. The lowest BCUT2D eigenvalue weighted by Crippen LogP contribution is -2.24. The van der Waals surface area contributed by atoms with Crippen LogP contribution >= 0.6 is 28.1 Å². The van der Waals surface area contributed by atoms with Gasteiger partial charge in [0.05, 0.1) is 13.3 Å². The van der Waals surface area contributed by atoms with Crippen molar-refractivity contribution in [2.45, 2.75) is 0 Å². The molecule has 0 unspecified atom stereocenters. The van der Waals surface area contributed by atoms with Gasteiger partial charge in [0.25, 0.3) is 5.91 Å². The van der Waals surface area contributed by atoms with Crippen molar-refractivity contribution in [3.8, 4) is 11.5 Å². The van der Waals surface area contributed by atoms with Crippen molar-refractivity contribution >= 4 is 45.4 Å². The van der Waals surface area contributed by atoms with Gasteiger partial charge in [0, 0.05) is 10.0 Å². The number of thiocarbonyl (C=S) groups is 1. The zero-order valence-electron chi connectivity index (χ0n) is 10.6. The van der Waals surface area contributed by atoms with Crippen LogP contribution in [0.3, 0.4) is 0 Å². The number of nitrogens with one attached hydrogen (secondary N) is 1. The Labute approximate surface area is 129 Å². The Balaban J connectivity index is 2.97. The van der Waals surface area contributed by atoms with Crippen molar-refractivity contribution < 1.29 is 14.3 Å². The molecule has 0 saturated carbocycles. The SMILES string of the molecule is COc1cc(/C=N/NC(N)=S)c(Br)cc1OCC(N)=O. The zero-order chi connectivity index (χ0) is 15.1. The fourth-order valence-electron chi connectivity index (χ4n) is 1.24. The standard InChI is InChI=1S/C11H13BrN4O3S/c1-18-8-2-6(4-15-16-11(14)20)7(12)3-9(8)19-5-10(13)17/h2-4H,5H2,1H3,(H2,13,17)(H3,14,16,20)/b15-4+. The number of amides is 1. The molecule has 1 rings (SSSR count). The van der Waals surface area contributed by atoms with E-state index in [1.165, 1.54) is 13.3 Å². The highest BCUT2D eigenvalue weighted by Crippen LogP contribution is 2.32. The average molecular weight is 361 g/mol. The number of halogens is 1. The predicted molar refractivity (Wildman–Crippen MR) is 82.9 cm³/mol. The first-order chi connectivity index (χ1) is 9.43. The molecule has 7 nitrogen and oxygen atoms in total. The number of methoxy groups -OCH3 is 1. The molecule has 0 aliphatic heterocycles. The highest BCUT2D eigenvalue weighted by molar-refractivity contribution is 9.10. The number of nitrogens with zero attached hydrogens (tertiary/aromatic N) is 1. The summed E-state index contributed by atoms with van der Waals surface area (Å²) in [6.07, 6.45) is 1.50. The first kappa shape index (κ1) is 16.2. The summed E-state index contributed by atoms with van der Waals surface area (Å²) >= 11 is 7.97. The maximum atomic E-state index is 10.7. The summed E-state index contributed by atoms with van der Waals surface area (Å²) < 4.78 is 11.1. The largest absolute Gasteiger partial charge is 0.493 e. The molecule has 0 aliphatic carbocycles. The highest BCUT2D eigenvalue weighted by Gasteiger charge is 2.10. The van der Waals surface area contributed by atoms with Crippen molar-refractivity contribution in [1.29, 1.82) is 0 Å². The number of carbonyl (C=O) groups is 1. The van der Waals surface area contributed by atoms with E-state index < -0.39 is 5.91 Å². The van der Waals surface area contributed by atoms with Gasteiger partial charge < -0.3 is 20.9 Å². The Morgan fingerprint density at radius 2 is 2.20 bits per heavy atom. The number of ether oxygens (including phenoxy) is 2. The molecule has 1 aromatic rings. The van der Waals surface area contributed by atoms with Gasteiger partial charge >= 0.3 is 0 Å². The van der Waals surface area contributed by atoms with Gasteiger partial charge in [-0.1, -0.05) is 0 Å². The van der Waals surface area contributed by atoms with Gasteiger partial charge in [-0.05, 0) is 40.3 Å². The van der Waals surface area contributed by atoms with Gasteiger partial charge in [-0.3, -0.25) is 10.2 Å². The van der Waals surface area contributed by atoms with Crippen LogP contribution < -0.4 is 26.4 Å². The molecule has 108 valence electrons. The fourth-order valence-corrected chi connectivity index (χ4v) is 1.71. The number of hydrazone groups is 1. The minimum absolute atomic E-state index is 0.0609. The second-order valence-corrected chi connectivity index (χ2v) is 4.81. The quantitative estimate of drug-likeness (QED) is 0.386. The summed E-state index contributed by atoms with van der Waals surface area (Å²) in [5, 5.41) is 3.90. The number of hydrogen-bond acceptors (Lipinski definition) is 5. The van der Waals surface area contributed by atoms with Crippen molar-refractivity contribution in [2.75, 3.05) is 13.7 Å². The molecule has 0 aromatic heterocycles. The second kappa shape index (κ2) is 7.65. The van der Waals surface area contributed by atoms with E-state index in [0.29, 0.717) is 21.5 Å². The van der Waals surface area contributed by atoms with Gasteiger partial charge in [-0.25, -0.2) is 0 Å². The molecule has 1 aromatic carbocycles. The number of benzene rings is 1. The normalized spacial score (nSPS) is 10.3. The third kappa shape index (κ3) is 5.02. The second-order valence-electron chi connectivity index (χ2n) is 3.51. The summed E-state index contributed by atoms with van der Waals surface area (Å²) in [4.78, 5) is 10.7. The van der Waals surface area contributed by atoms with Crippen molar-refractivity contribution in [3.63, 3.8) is 0 Å². The smallest absolute Gasteiger partial charge is 0.255 e. The predicted octanol–water partition coefficient (Wildman–Crippen LogP) is 0.489. The molecule has 5 N–H and O–H groups in total. The molecule has 0 fully saturated rings. The Morgan fingerprint density at radius 3 is 2.75 bits per heavy atom. The molecule has 20 heavy (non-hydrogen) atoms. The van der Waals surface area contributed by atoms with Crippen molar-refractivity contribution in [2.24, 2.45) is 16.6 Å². The van der Waals surface area contributed by atoms with Crippen LogP contribution in [0.1, 0.15) is 5.56 Å². The fraction of sp³-hybridized carbons (Fsp3) is 0.182. The van der Waals surface area contributed by atoms with Crippen LogP contribution in [-0.4, -0.2) is 31.0 Å². The third-order valence-corrected chi connectivity index (χ3v) is 2.81. The molecular weight excluding hydrogens is 348 g/mol. The molecule has 1 amide bonds. The number of hydrogen-bond donors (Lipinski definition) is 3. The number of rotatable bonds is 6. The topological polar surface area (TPSA) is 112 Å². The van der Waals surface area contributed by atoms with Crippen LogP contribution in [0, 0.1) is 0 Å². The van der Waals surface area contributed by atoms with E-state index in [4.69, 9.17) is 20.9 Å². The maximum Gasteiger partial charge on any atom is 0.255 e. The molecule has 0 heterocycles. The van der Waals surface area contributed by atoms with E-state index in [9.17, 15) is 4.79 Å². The lowest BCUT2D eigenvalue weighted by Gasteiger charge is -2.11. The van der Waals surface area contributed by atoms with Crippen molar-refractivity contribution in [3.05, 3.63) is 22.2 Å². The van der Waals surface area contributed by atoms with Crippen LogP contribution in [0.5, 0.6) is 11.5 Å². The summed E-state index contributed by atoms with van der Waals surface area (Å²) in [6, 6.07) is 3.31. The molecule has 0 aliphatic rings. The zero-order valence-corrected chi connectivity index (χ0v) is 13.0. The molecule has 9 heteroatoms. The van der Waals surface area contributed by atoms with E-state index in [1.807, 2.05) is 0 Å². The molecule has 0 atom stereocenters. The van der Waals surface area contributed by atoms with Gasteiger partial charge in [-0.2, -0.15) is 5.10 Å². The van der Waals surface area contributed by atoms with Crippen LogP contribution in [0.25, 0.3) is 0 Å². The highest BCUT2D eigenvalue weighted by atomic mass is 79.9. The molecule has 0 spiro atoms. The van der Waals surface area contributed by atoms with E-state index in [-0.39, 0.29) is 11.7 Å². The minimum atomic E-state index is -0.575. The molecule has 0 saturated heterocycles. The van der Waals surface area contributed by atoms with E-state index in [2.05, 4.69) is 38.7 Å². The lowest BCUT2D eigenvalue weighted by atomic mass is 10.2. The summed E-state index contributed by atoms with van der Waals surface area (Å²) in [6.45, 7) is -0.237. The van der Waals surface area contributed by atoms with Crippen LogP contribution in [0.15, 0.2) is 21.7 Å². The van der Waals surface area contributed by atoms with E-state index in [0.717, 1.165) is 0 Å². The van der Waals surface area contributed by atoms with Gasteiger partial charge in [0.1, 0.15) is 0 Å². The molecule has 0 radical (unpaired) electrons. The molecule has 0 bridgehead atoms. The number of carbonyl (C=O) groups excluding carboxylic acids is 1. The van der Waals surface area contributed by atoms with Crippen LogP contribution in [-0.2, 0) is 4.79 Å². The van der Waals surface area contributed by atoms with E-state index in [1.54, 1.807) is 12.1 Å². The average Bonchev–Trinajstić information content (AvgIpc) is 2.37. The Morgan fingerprint density at radius 1 is 1.50 bits per heavy atom. The van der Waals surface area contributed by atoms with Crippen LogP contribution in [0.2, 0.25) is 0 Å².